The first-order chi connectivity index (χ1) is 10.1. The average molecular weight is 350 g/mol. The van der Waals surface area contributed by atoms with E-state index in [1.165, 1.54) is 0 Å². The molecule has 0 saturated carbocycles. The number of pyridine rings is 1. The van der Waals surface area contributed by atoms with E-state index in [1.54, 1.807) is 6.20 Å². The molecule has 0 bridgehead atoms. The number of aromatic nitrogens is 1. The van der Waals surface area contributed by atoms with Crippen LogP contribution in [0.2, 0.25) is 0 Å². The van der Waals surface area contributed by atoms with Gasteiger partial charge >= 0.3 is 0 Å². The summed E-state index contributed by atoms with van der Waals surface area (Å²) in [6.45, 7) is 3.01. The third-order valence-electron chi connectivity index (χ3n) is 3.06. The Labute approximate surface area is 131 Å². The standard InChI is InChI=1S/C15H16BrN3O2/c1-10-7-12-11(13(16)8-10)3-6-18-14(12)15(21)19-5-2-4-17-9-20/h3,6-9H,2,4-5H2,1H3,(H,17,20)(H,19,21). The van der Waals surface area contributed by atoms with Gasteiger partial charge in [0.2, 0.25) is 6.41 Å². The van der Waals surface area contributed by atoms with Crippen molar-refractivity contribution in [1.29, 1.82) is 0 Å². The molecule has 0 fully saturated rings. The molecule has 21 heavy (non-hydrogen) atoms. The number of rotatable bonds is 6. The molecule has 0 aliphatic rings. The van der Waals surface area contributed by atoms with Crippen molar-refractivity contribution in [2.24, 2.45) is 0 Å². The van der Waals surface area contributed by atoms with Gasteiger partial charge in [-0.3, -0.25) is 14.6 Å². The van der Waals surface area contributed by atoms with E-state index in [-0.39, 0.29) is 5.91 Å². The fourth-order valence-electron chi connectivity index (χ4n) is 2.09. The molecule has 5 nitrogen and oxygen atoms in total. The van der Waals surface area contributed by atoms with Crippen LogP contribution in [0.15, 0.2) is 28.9 Å². The summed E-state index contributed by atoms with van der Waals surface area (Å²) in [5, 5.41) is 7.16. The molecule has 1 heterocycles. The fourth-order valence-corrected chi connectivity index (χ4v) is 2.80. The summed E-state index contributed by atoms with van der Waals surface area (Å²) >= 11 is 3.51. The highest BCUT2D eigenvalue weighted by molar-refractivity contribution is 9.10. The fraction of sp³-hybridized carbons (Fsp3) is 0.267. The molecule has 110 valence electrons. The molecular weight excluding hydrogens is 334 g/mol. The molecule has 1 aromatic carbocycles. The van der Waals surface area contributed by atoms with E-state index in [1.807, 2.05) is 25.1 Å². The molecule has 0 radical (unpaired) electrons. The summed E-state index contributed by atoms with van der Waals surface area (Å²) in [4.78, 5) is 26.6. The zero-order chi connectivity index (χ0) is 15.2. The van der Waals surface area contributed by atoms with Gasteiger partial charge in [0.05, 0.1) is 0 Å². The Bertz CT molecular complexity index is 673. The molecule has 0 unspecified atom stereocenters. The van der Waals surface area contributed by atoms with Gasteiger partial charge < -0.3 is 10.6 Å². The molecule has 1 aromatic heterocycles. The third-order valence-corrected chi connectivity index (χ3v) is 3.71. The molecule has 0 aliphatic carbocycles. The minimum absolute atomic E-state index is 0.204. The molecule has 0 aliphatic heterocycles. The molecule has 2 aromatic rings. The first-order valence-electron chi connectivity index (χ1n) is 6.63. The first kappa shape index (κ1) is 15.4. The van der Waals surface area contributed by atoms with E-state index in [4.69, 9.17) is 0 Å². The van der Waals surface area contributed by atoms with Crippen LogP contribution in [-0.4, -0.2) is 30.4 Å². The van der Waals surface area contributed by atoms with E-state index in [9.17, 15) is 9.59 Å². The summed E-state index contributed by atoms with van der Waals surface area (Å²) in [5.41, 5.74) is 1.48. The first-order valence-corrected chi connectivity index (χ1v) is 7.43. The number of halogens is 1. The van der Waals surface area contributed by atoms with Gasteiger partial charge in [-0.2, -0.15) is 0 Å². The van der Waals surface area contributed by atoms with Crippen LogP contribution in [0.25, 0.3) is 10.8 Å². The summed E-state index contributed by atoms with van der Waals surface area (Å²) < 4.78 is 0.948. The highest BCUT2D eigenvalue weighted by Crippen LogP contribution is 2.27. The van der Waals surface area contributed by atoms with Crippen molar-refractivity contribution in [3.8, 4) is 0 Å². The SMILES string of the molecule is Cc1cc(Br)c2ccnc(C(=O)NCCCNC=O)c2c1. The molecule has 2 rings (SSSR count). The third kappa shape index (κ3) is 3.78. The van der Waals surface area contributed by atoms with Crippen molar-refractivity contribution in [3.63, 3.8) is 0 Å². The smallest absolute Gasteiger partial charge is 0.270 e. The number of fused-ring (bicyclic) bond motifs is 1. The Hall–Kier alpha value is -1.95. The second-order valence-electron chi connectivity index (χ2n) is 4.68. The lowest BCUT2D eigenvalue weighted by molar-refractivity contribution is -0.109. The van der Waals surface area contributed by atoms with Crippen molar-refractivity contribution in [2.75, 3.05) is 13.1 Å². The zero-order valence-electron chi connectivity index (χ0n) is 11.6. The van der Waals surface area contributed by atoms with Crippen LogP contribution in [-0.2, 0) is 4.79 Å². The molecule has 0 saturated heterocycles. The van der Waals surface area contributed by atoms with E-state index in [2.05, 4.69) is 31.5 Å². The van der Waals surface area contributed by atoms with Gasteiger partial charge in [-0.25, -0.2) is 0 Å². The van der Waals surface area contributed by atoms with E-state index < -0.39 is 0 Å². The van der Waals surface area contributed by atoms with E-state index >= 15 is 0 Å². The summed E-state index contributed by atoms with van der Waals surface area (Å²) in [7, 11) is 0. The Morgan fingerprint density at radius 2 is 2.14 bits per heavy atom. The number of carbonyl (C=O) groups excluding carboxylic acids is 2. The lowest BCUT2D eigenvalue weighted by atomic mass is 10.1. The van der Waals surface area contributed by atoms with Gasteiger partial charge in [0.25, 0.3) is 5.91 Å². The summed E-state index contributed by atoms with van der Waals surface area (Å²) in [5.74, 6) is -0.204. The van der Waals surface area contributed by atoms with E-state index in [0.717, 1.165) is 20.8 Å². The van der Waals surface area contributed by atoms with Crippen LogP contribution in [0.3, 0.4) is 0 Å². The second kappa shape index (κ2) is 7.17. The minimum Gasteiger partial charge on any atom is -0.359 e. The number of benzene rings is 1. The lowest BCUT2D eigenvalue weighted by Crippen LogP contribution is -2.27. The maximum absolute atomic E-state index is 12.2. The number of hydrogen-bond acceptors (Lipinski definition) is 3. The van der Waals surface area contributed by atoms with Crippen LogP contribution in [0.4, 0.5) is 0 Å². The predicted molar refractivity (Wildman–Crippen MR) is 85.2 cm³/mol. The molecule has 2 amide bonds. The lowest BCUT2D eigenvalue weighted by Gasteiger charge is -2.09. The number of nitrogens with one attached hydrogen (secondary N) is 2. The topological polar surface area (TPSA) is 71.1 Å². The Morgan fingerprint density at radius 3 is 2.90 bits per heavy atom. The quantitative estimate of drug-likeness (QED) is 0.620. The van der Waals surface area contributed by atoms with Crippen molar-refractivity contribution < 1.29 is 9.59 Å². The van der Waals surface area contributed by atoms with Gasteiger partial charge in [0.15, 0.2) is 0 Å². The van der Waals surface area contributed by atoms with Gasteiger partial charge in [-0.1, -0.05) is 15.9 Å². The van der Waals surface area contributed by atoms with Crippen molar-refractivity contribution >= 4 is 39.0 Å². The number of carbonyl (C=O) groups is 2. The molecule has 0 atom stereocenters. The monoisotopic (exact) mass is 349 g/mol. The molecular formula is C15H16BrN3O2. The van der Waals surface area contributed by atoms with Crippen LogP contribution in [0, 0.1) is 6.92 Å². The Morgan fingerprint density at radius 1 is 1.33 bits per heavy atom. The molecule has 2 N–H and O–H groups in total. The number of nitrogens with zero attached hydrogens (tertiary/aromatic N) is 1. The zero-order valence-corrected chi connectivity index (χ0v) is 13.2. The molecule has 0 spiro atoms. The van der Waals surface area contributed by atoms with Gasteiger partial charge in [-0.15, -0.1) is 0 Å². The summed E-state index contributed by atoms with van der Waals surface area (Å²) in [6, 6.07) is 5.84. The predicted octanol–water partition coefficient (Wildman–Crippen LogP) is 2.17. The van der Waals surface area contributed by atoms with Gasteiger partial charge in [0, 0.05) is 29.1 Å². The number of hydrogen-bond donors (Lipinski definition) is 2. The maximum Gasteiger partial charge on any atom is 0.270 e. The largest absolute Gasteiger partial charge is 0.359 e. The van der Waals surface area contributed by atoms with Crippen LogP contribution >= 0.6 is 15.9 Å². The van der Waals surface area contributed by atoms with Crippen molar-refractivity contribution in [1.82, 2.24) is 15.6 Å². The summed E-state index contributed by atoms with van der Waals surface area (Å²) in [6.07, 6.45) is 2.96. The maximum atomic E-state index is 12.2. The molecule has 6 heteroatoms. The normalized spacial score (nSPS) is 10.4. The number of amides is 2. The van der Waals surface area contributed by atoms with E-state index in [0.29, 0.717) is 31.6 Å². The Balaban J connectivity index is 2.17. The van der Waals surface area contributed by atoms with Crippen molar-refractivity contribution in [2.45, 2.75) is 13.3 Å². The van der Waals surface area contributed by atoms with Gasteiger partial charge in [-0.05, 0) is 42.5 Å². The number of aryl methyl sites for hydroxylation is 1. The highest BCUT2D eigenvalue weighted by Gasteiger charge is 2.12. The minimum atomic E-state index is -0.204. The average Bonchev–Trinajstić information content (AvgIpc) is 2.46. The highest BCUT2D eigenvalue weighted by atomic mass is 79.9. The second-order valence-corrected chi connectivity index (χ2v) is 5.54. The van der Waals surface area contributed by atoms with Crippen LogP contribution in [0.5, 0.6) is 0 Å². The van der Waals surface area contributed by atoms with Crippen molar-refractivity contribution in [3.05, 3.63) is 40.1 Å². The Kier molecular flexibility index (Phi) is 5.27. The van der Waals surface area contributed by atoms with Crippen LogP contribution < -0.4 is 10.6 Å². The van der Waals surface area contributed by atoms with Gasteiger partial charge in [0.1, 0.15) is 5.69 Å². The van der Waals surface area contributed by atoms with Crippen LogP contribution in [0.1, 0.15) is 22.5 Å².